The number of anilines is 1. The molecule has 2 aliphatic rings. The summed E-state index contributed by atoms with van der Waals surface area (Å²) in [4.78, 5) is 20.6. The van der Waals surface area contributed by atoms with Crippen molar-refractivity contribution in [3.8, 4) is 0 Å². The van der Waals surface area contributed by atoms with Gasteiger partial charge in [0, 0.05) is 18.2 Å². The summed E-state index contributed by atoms with van der Waals surface area (Å²) in [6, 6.07) is 0.463. The van der Waals surface area contributed by atoms with Crippen LogP contribution in [-0.4, -0.2) is 35.6 Å². The number of carbonyl (C=O) groups is 1. The van der Waals surface area contributed by atoms with E-state index >= 15 is 0 Å². The number of fused-ring (bicyclic) bond motifs is 1. The Bertz CT molecular complexity index is 485. The zero-order chi connectivity index (χ0) is 12.5. The third-order valence-corrected chi connectivity index (χ3v) is 3.23. The van der Waals surface area contributed by atoms with Gasteiger partial charge in [-0.25, -0.2) is 14.8 Å². The third-order valence-electron chi connectivity index (χ3n) is 3.23. The molecule has 1 saturated carbocycles. The summed E-state index contributed by atoms with van der Waals surface area (Å²) in [5.74, 6) is 0.162. The van der Waals surface area contributed by atoms with Gasteiger partial charge in [0.05, 0.1) is 12.8 Å². The van der Waals surface area contributed by atoms with E-state index in [4.69, 9.17) is 4.74 Å². The van der Waals surface area contributed by atoms with Gasteiger partial charge in [-0.2, -0.15) is 0 Å². The van der Waals surface area contributed by atoms with Gasteiger partial charge in [-0.05, 0) is 25.8 Å². The van der Waals surface area contributed by atoms with E-state index in [-0.39, 0.29) is 5.97 Å². The molecule has 0 bridgehead atoms. The maximum atomic E-state index is 11.8. The molecule has 1 aliphatic carbocycles. The Morgan fingerprint density at radius 2 is 2.28 bits per heavy atom. The van der Waals surface area contributed by atoms with Gasteiger partial charge in [0.25, 0.3) is 0 Å². The number of hydrogen-bond acceptors (Lipinski definition) is 6. The van der Waals surface area contributed by atoms with Crippen LogP contribution in [0.2, 0.25) is 0 Å². The summed E-state index contributed by atoms with van der Waals surface area (Å²) in [6.07, 6.45) is 3.06. The lowest BCUT2D eigenvalue weighted by molar-refractivity contribution is 0.0592. The summed E-state index contributed by atoms with van der Waals surface area (Å²) in [7, 11) is 1.38. The van der Waals surface area contributed by atoms with Gasteiger partial charge in [-0.1, -0.05) is 0 Å². The van der Waals surface area contributed by atoms with Crippen LogP contribution in [0, 0.1) is 0 Å². The number of carbonyl (C=O) groups excluding carboxylic acids is 1. The molecule has 1 aromatic heterocycles. The fourth-order valence-corrected chi connectivity index (χ4v) is 2.10. The highest BCUT2D eigenvalue weighted by molar-refractivity contribution is 5.89. The first-order valence-electron chi connectivity index (χ1n) is 6.23. The van der Waals surface area contributed by atoms with Crippen molar-refractivity contribution >= 4 is 11.9 Å². The number of methoxy groups -OCH3 is 1. The van der Waals surface area contributed by atoms with E-state index < -0.39 is 0 Å². The summed E-state index contributed by atoms with van der Waals surface area (Å²) in [5, 5.41) is 6.48. The van der Waals surface area contributed by atoms with Crippen LogP contribution >= 0.6 is 0 Å². The molecule has 0 radical (unpaired) electrons. The molecular weight excluding hydrogens is 232 g/mol. The quantitative estimate of drug-likeness (QED) is 0.758. The lowest BCUT2D eigenvalue weighted by Crippen LogP contribution is -2.28. The maximum absolute atomic E-state index is 11.8. The lowest BCUT2D eigenvalue weighted by Gasteiger charge is -2.19. The van der Waals surface area contributed by atoms with Crippen LogP contribution in [0.15, 0.2) is 0 Å². The molecule has 3 rings (SSSR count). The van der Waals surface area contributed by atoms with E-state index in [1.807, 2.05) is 0 Å². The SMILES string of the molecule is COC(=O)c1nc(NC2CC2)nc2c1CCNC2. The molecule has 96 valence electrons. The summed E-state index contributed by atoms with van der Waals surface area (Å²) in [6.45, 7) is 1.52. The van der Waals surface area contributed by atoms with E-state index in [1.165, 1.54) is 7.11 Å². The second-order valence-electron chi connectivity index (χ2n) is 4.66. The number of aromatic nitrogens is 2. The van der Waals surface area contributed by atoms with Gasteiger partial charge >= 0.3 is 5.97 Å². The Hall–Kier alpha value is -1.69. The molecule has 2 N–H and O–H groups in total. The number of nitrogens with one attached hydrogen (secondary N) is 2. The molecule has 6 heteroatoms. The average Bonchev–Trinajstić information content (AvgIpc) is 3.21. The molecule has 0 atom stereocenters. The average molecular weight is 248 g/mol. The van der Waals surface area contributed by atoms with Crippen LogP contribution < -0.4 is 10.6 Å². The number of rotatable bonds is 3. The fraction of sp³-hybridized carbons (Fsp3) is 0.583. The van der Waals surface area contributed by atoms with Gasteiger partial charge in [0.15, 0.2) is 5.69 Å². The third kappa shape index (κ3) is 2.15. The van der Waals surface area contributed by atoms with Crippen molar-refractivity contribution in [3.05, 3.63) is 17.0 Å². The van der Waals surface area contributed by atoms with Crippen molar-refractivity contribution < 1.29 is 9.53 Å². The zero-order valence-electron chi connectivity index (χ0n) is 10.3. The molecule has 0 aromatic carbocycles. The van der Waals surface area contributed by atoms with Crippen molar-refractivity contribution in [1.82, 2.24) is 15.3 Å². The van der Waals surface area contributed by atoms with Crippen LogP contribution in [-0.2, 0) is 17.7 Å². The molecular formula is C12H16N4O2. The molecule has 2 heterocycles. The van der Waals surface area contributed by atoms with Crippen LogP contribution in [0.4, 0.5) is 5.95 Å². The molecule has 1 fully saturated rings. The minimum atomic E-state index is -0.380. The maximum Gasteiger partial charge on any atom is 0.357 e. The molecule has 0 spiro atoms. The van der Waals surface area contributed by atoms with Crippen LogP contribution in [0.5, 0.6) is 0 Å². The van der Waals surface area contributed by atoms with Crippen LogP contribution in [0.1, 0.15) is 34.6 Å². The van der Waals surface area contributed by atoms with Gasteiger partial charge in [0.1, 0.15) is 0 Å². The number of nitrogens with zero attached hydrogens (tertiary/aromatic N) is 2. The Balaban J connectivity index is 1.99. The summed E-state index contributed by atoms with van der Waals surface area (Å²) < 4.78 is 4.80. The van der Waals surface area contributed by atoms with Gasteiger partial charge in [-0.15, -0.1) is 0 Å². The molecule has 0 amide bonds. The van der Waals surface area contributed by atoms with E-state index in [2.05, 4.69) is 20.6 Å². The highest BCUT2D eigenvalue weighted by atomic mass is 16.5. The van der Waals surface area contributed by atoms with Gasteiger partial charge < -0.3 is 15.4 Å². The van der Waals surface area contributed by atoms with Crippen molar-refractivity contribution in [2.45, 2.75) is 31.8 Å². The number of hydrogen-bond donors (Lipinski definition) is 2. The summed E-state index contributed by atoms with van der Waals surface area (Å²) >= 11 is 0. The largest absolute Gasteiger partial charge is 0.464 e. The fourth-order valence-electron chi connectivity index (χ4n) is 2.10. The Morgan fingerprint density at radius 3 is 3.00 bits per heavy atom. The first-order chi connectivity index (χ1) is 8.78. The number of ether oxygens (including phenoxy) is 1. The van der Waals surface area contributed by atoms with Gasteiger partial charge in [0.2, 0.25) is 5.95 Å². The van der Waals surface area contributed by atoms with Crippen molar-refractivity contribution in [2.24, 2.45) is 0 Å². The lowest BCUT2D eigenvalue weighted by atomic mass is 10.0. The predicted molar refractivity (Wildman–Crippen MR) is 65.4 cm³/mol. The first-order valence-corrected chi connectivity index (χ1v) is 6.23. The van der Waals surface area contributed by atoms with Crippen molar-refractivity contribution in [3.63, 3.8) is 0 Å². The molecule has 18 heavy (non-hydrogen) atoms. The highest BCUT2D eigenvalue weighted by Crippen LogP contribution is 2.25. The zero-order valence-corrected chi connectivity index (χ0v) is 10.3. The monoisotopic (exact) mass is 248 g/mol. The molecule has 1 aliphatic heterocycles. The smallest absolute Gasteiger partial charge is 0.357 e. The Morgan fingerprint density at radius 1 is 1.44 bits per heavy atom. The topological polar surface area (TPSA) is 76.1 Å². The molecule has 0 saturated heterocycles. The molecule has 0 unspecified atom stereocenters. The van der Waals surface area contributed by atoms with Crippen LogP contribution in [0.25, 0.3) is 0 Å². The normalized spacial score (nSPS) is 18.1. The van der Waals surface area contributed by atoms with E-state index in [9.17, 15) is 4.79 Å². The number of esters is 1. The second-order valence-corrected chi connectivity index (χ2v) is 4.66. The van der Waals surface area contributed by atoms with Crippen molar-refractivity contribution in [1.29, 1.82) is 0 Å². The second kappa shape index (κ2) is 4.53. The van der Waals surface area contributed by atoms with Crippen LogP contribution in [0.3, 0.4) is 0 Å². The van der Waals surface area contributed by atoms with E-state index in [0.717, 1.165) is 37.1 Å². The predicted octanol–water partition coefficient (Wildman–Crippen LogP) is 0.483. The van der Waals surface area contributed by atoms with Crippen molar-refractivity contribution in [2.75, 3.05) is 19.0 Å². The van der Waals surface area contributed by atoms with Gasteiger partial charge in [-0.3, -0.25) is 0 Å². The summed E-state index contributed by atoms with van der Waals surface area (Å²) in [5.41, 5.74) is 2.23. The highest BCUT2D eigenvalue weighted by Gasteiger charge is 2.26. The molecule has 1 aromatic rings. The minimum Gasteiger partial charge on any atom is -0.464 e. The first kappa shape index (κ1) is 11.4. The minimum absolute atomic E-state index is 0.380. The van der Waals surface area contributed by atoms with E-state index in [0.29, 0.717) is 24.2 Å². The standard InChI is InChI=1S/C12H16N4O2/c1-18-11(17)10-8-4-5-13-6-9(8)15-12(16-10)14-7-2-3-7/h7,13H,2-6H2,1H3,(H,14,15,16). The Labute approximate surface area is 105 Å². The molecule has 6 nitrogen and oxygen atoms in total. The Kier molecular flexibility index (Phi) is 2.87. The van der Waals surface area contributed by atoms with E-state index in [1.54, 1.807) is 0 Å².